The number of halogens is 4. The number of anilines is 1. The predicted molar refractivity (Wildman–Crippen MR) is 81.1 cm³/mol. The number of nitrogens with one attached hydrogen (secondary N) is 1. The molecule has 0 aromatic heterocycles. The molecule has 2 nitrogen and oxygen atoms in total. The second kappa shape index (κ2) is 5.72. The van der Waals surface area contributed by atoms with Gasteiger partial charge in [0.25, 0.3) is 0 Å². The summed E-state index contributed by atoms with van der Waals surface area (Å²) in [6.45, 7) is 0. The Balaban J connectivity index is 1.81. The van der Waals surface area contributed by atoms with Crippen molar-refractivity contribution >= 4 is 34.2 Å². The Bertz CT molecular complexity index is 574. The van der Waals surface area contributed by atoms with Crippen LogP contribution in [0.2, 0.25) is 5.02 Å². The fourth-order valence-electron chi connectivity index (χ4n) is 2.74. The molecule has 0 spiro atoms. The molecule has 1 saturated carbocycles. The van der Waals surface area contributed by atoms with Gasteiger partial charge in [0.1, 0.15) is 0 Å². The number of rotatable bonds is 1. The van der Waals surface area contributed by atoms with Gasteiger partial charge >= 0.3 is 6.18 Å². The normalized spacial score (nSPS) is 25.4. The van der Waals surface area contributed by atoms with E-state index >= 15 is 0 Å². The van der Waals surface area contributed by atoms with Crippen LogP contribution >= 0.6 is 23.4 Å². The van der Waals surface area contributed by atoms with Gasteiger partial charge in [-0.1, -0.05) is 29.8 Å². The first kappa shape index (κ1) is 15.0. The number of amidine groups is 1. The lowest BCUT2D eigenvalue weighted by Gasteiger charge is -2.24. The third-order valence-electron chi connectivity index (χ3n) is 3.87. The van der Waals surface area contributed by atoms with Crippen LogP contribution in [0.1, 0.15) is 24.8 Å². The SMILES string of the molecule is FC(F)(F)c1ccc(Cl)c(NC2=NC3CCCC3CS2)c1. The summed E-state index contributed by atoms with van der Waals surface area (Å²) in [4.78, 5) is 4.60. The summed E-state index contributed by atoms with van der Waals surface area (Å²) >= 11 is 7.54. The molecule has 1 N–H and O–H groups in total. The zero-order valence-corrected chi connectivity index (χ0v) is 12.7. The van der Waals surface area contributed by atoms with Crippen molar-refractivity contribution in [2.24, 2.45) is 10.9 Å². The number of benzene rings is 1. The van der Waals surface area contributed by atoms with E-state index in [1.807, 2.05) is 0 Å². The highest BCUT2D eigenvalue weighted by Crippen LogP contribution is 2.37. The van der Waals surface area contributed by atoms with Gasteiger partial charge in [-0.3, -0.25) is 4.99 Å². The van der Waals surface area contributed by atoms with Gasteiger partial charge in [0.2, 0.25) is 0 Å². The molecule has 1 heterocycles. The second-order valence-corrected chi connectivity index (χ2v) is 6.74. The van der Waals surface area contributed by atoms with Crippen molar-refractivity contribution in [2.75, 3.05) is 11.1 Å². The Morgan fingerprint density at radius 2 is 2.10 bits per heavy atom. The molecule has 2 atom stereocenters. The molecule has 0 amide bonds. The maximum atomic E-state index is 12.7. The molecule has 1 fully saturated rings. The summed E-state index contributed by atoms with van der Waals surface area (Å²) in [5, 5.41) is 3.89. The van der Waals surface area contributed by atoms with Gasteiger partial charge in [0.05, 0.1) is 22.3 Å². The zero-order chi connectivity index (χ0) is 15.0. The molecule has 114 valence electrons. The first-order valence-electron chi connectivity index (χ1n) is 6.78. The van der Waals surface area contributed by atoms with Crippen LogP contribution in [0.5, 0.6) is 0 Å². The molecule has 1 aliphatic carbocycles. The Kier molecular flexibility index (Phi) is 4.10. The van der Waals surface area contributed by atoms with E-state index in [-0.39, 0.29) is 10.7 Å². The van der Waals surface area contributed by atoms with Gasteiger partial charge in [0, 0.05) is 5.75 Å². The van der Waals surface area contributed by atoms with Crippen molar-refractivity contribution in [3.05, 3.63) is 28.8 Å². The van der Waals surface area contributed by atoms with Crippen molar-refractivity contribution in [3.63, 3.8) is 0 Å². The Hall–Kier alpha value is -0.880. The summed E-state index contributed by atoms with van der Waals surface area (Å²) in [6.07, 6.45) is -0.943. The highest BCUT2D eigenvalue weighted by Gasteiger charge is 2.32. The minimum Gasteiger partial charge on any atom is -0.334 e. The first-order chi connectivity index (χ1) is 9.93. The third-order valence-corrected chi connectivity index (χ3v) is 5.28. The number of alkyl halides is 3. The van der Waals surface area contributed by atoms with Crippen LogP contribution < -0.4 is 5.32 Å². The fraction of sp³-hybridized carbons (Fsp3) is 0.500. The van der Waals surface area contributed by atoms with Crippen LogP contribution in [0.4, 0.5) is 18.9 Å². The first-order valence-corrected chi connectivity index (χ1v) is 8.14. The Morgan fingerprint density at radius 3 is 2.86 bits per heavy atom. The molecule has 0 bridgehead atoms. The van der Waals surface area contributed by atoms with Gasteiger partial charge in [-0.05, 0) is 37.0 Å². The van der Waals surface area contributed by atoms with Crippen LogP contribution in [0, 0.1) is 5.92 Å². The molecule has 1 aromatic rings. The average molecular weight is 335 g/mol. The van der Waals surface area contributed by atoms with Crippen LogP contribution in [-0.4, -0.2) is 17.0 Å². The van der Waals surface area contributed by atoms with Crippen LogP contribution in [0.3, 0.4) is 0 Å². The fourth-order valence-corrected chi connectivity index (χ4v) is 4.05. The lowest BCUT2D eigenvalue weighted by Crippen LogP contribution is -2.25. The van der Waals surface area contributed by atoms with Crippen molar-refractivity contribution in [1.82, 2.24) is 0 Å². The largest absolute Gasteiger partial charge is 0.416 e. The van der Waals surface area contributed by atoms with E-state index in [9.17, 15) is 13.2 Å². The molecule has 1 aromatic carbocycles. The van der Waals surface area contributed by atoms with Crippen LogP contribution in [-0.2, 0) is 6.18 Å². The number of fused-ring (bicyclic) bond motifs is 1. The lowest BCUT2D eigenvalue weighted by molar-refractivity contribution is -0.137. The molecule has 21 heavy (non-hydrogen) atoms. The van der Waals surface area contributed by atoms with Gasteiger partial charge < -0.3 is 5.32 Å². The monoisotopic (exact) mass is 334 g/mol. The van der Waals surface area contributed by atoms with Gasteiger partial charge in [0.15, 0.2) is 5.17 Å². The number of aliphatic imine (C=N–C) groups is 1. The topological polar surface area (TPSA) is 24.4 Å². The summed E-state index contributed by atoms with van der Waals surface area (Å²) in [5.74, 6) is 1.57. The smallest absolute Gasteiger partial charge is 0.334 e. The lowest BCUT2D eigenvalue weighted by atomic mass is 10.1. The number of hydrogen-bond acceptors (Lipinski definition) is 3. The zero-order valence-electron chi connectivity index (χ0n) is 11.1. The molecule has 2 aliphatic rings. The maximum Gasteiger partial charge on any atom is 0.416 e. The number of thioether (sulfide) groups is 1. The molecule has 1 aliphatic heterocycles. The maximum absolute atomic E-state index is 12.7. The molecule has 7 heteroatoms. The van der Waals surface area contributed by atoms with Crippen LogP contribution in [0.15, 0.2) is 23.2 Å². The third kappa shape index (κ3) is 3.31. The summed E-state index contributed by atoms with van der Waals surface area (Å²) in [6, 6.07) is 3.58. The van der Waals surface area contributed by atoms with E-state index in [1.54, 1.807) is 11.8 Å². The van der Waals surface area contributed by atoms with E-state index in [1.165, 1.54) is 18.9 Å². The minimum absolute atomic E-state index is 0.259. The van der Waals surface area contributed by atoms with Gasteiger partial charge in [-0.15, -0.1) is 0 Å². The standard InChI is InChI=1S/C14H14ClF3N2S/c15-10-5-4-9(14(16,17)18)6-12(10)20-13-19-11-3-1-2-8(11)7-21-13/h4-6,8,11H,1-3,7H2,(H,19,20). The van der Waals surface area contributed by atoms with Gasteiger partial charge in [-0.25, -0.2) is 0 Å². The molecule has 0 radical (unpaired) electrons. The second-order valence-electron chi connectivity index (χ2n) is 5.32. The van der Waals surface area contributed by atoms with Gasteiger partial charge in [-0.2, -0.15) is 13.2 Å². The van der Waals surface area contributed by atoms with E-state index in [4.69, 9.17) is 11.6 Å². The molecule has 3 rings (SSSR count). The minimum atomic E-state index is -4.38. The number of nitrogens with zero attached hydrogens (tertiary/aromatic N) is 1. The summed E-state index contributed by atoms with van der Waals surface area (Å²) in [7, 11) is 0. The van der Waals surface area contributed by atoms with E-state index in [2.05, 4.69) is 10.3 Å². The van der Waals surface area contributed by atoms with Crippen molar-refractivity contribution in [1.29, 1.82) is 0 Å². The van der Waals surface area contributed by atoms with E-state index < -0.39 is 11.7 Å². The highest BCUT2D eigenvalue weighted by atomic mass is 35.5. The van der Waals surface area contributed by atoms with E-state index in [0.717, 1.165) is 24.3 Å². The summed E-state index contributed by atoms with van der Waals surface area (Å²) in [5.41, 5.74) is -0.455. The average Bonchev–Trinajstić information content (AvgIpc) is 2.87. The quantitative estimate of drug-likeness (QED) is 0.777. The predicted octanol–water partition coefficient (Wildman–Crippen LogP) is 5.04. The molecule has 0 saturated heterocycles. The Morgan fingerprint density at radius 1 is 1.29 bits per heavy atom. The summed E-state index contributed by atoms with van der Waals surface area (Å²) < 4.78 is 38.2. The number of hydrogen-bond donors (Lipinski definition) is 1. The van der Waals surface area contributed by atoms with Crippen molar-refractivity contribution < 1.29 is 13.2 Å². The Labute approximate surface area is 130 Å². The van der Waals surface area contributed by atoms with Crippen molar-refractivity contribution in [2.45, 2.75) is 31.5 Å². The van der Waals surface area contributed by atoms with Crippen molar-refractivity contribution in [3.8, 4) is 0 Å². The molecule has 2 unspecified atom stereocenters. The molecular formula is C14H14ClF3N2S. The van der Waals surface area contributed by atoms with E-state index in [0.29, 0.717) is 17.1 Å². The molecular weight excluding hydrogens is 321 g/mol. The van der Waals surface area contributed by atoms with Crippen LogP contribution in [0.25, 0.3) is 0 Å². The highest BCUT2D eigenvalue weighted by molar-refractivity contribution is 8.14.